The molecule has 0 radical (unpaired) electrons. The van der Waals surface area contributed by atoms with Crippen LogP contribution < -0.4 is 5.32 Å². The molecule has 0 fully saturated rings. The Morgan fingerprint density at radius 2 is 1.56 bits per heavy atom. The molecule has 0 heterocycles. The first-order chi connectivity index (χ1) is 8.65. The molecule has 4 nitrogen and oxygen atoms in total. The number of hydrogen-bond donors (Lipinski definition) is 1. The van der Waals surface area contributed by atoms with Gasteiger partial charge in [-0.1, -0.05) is 20.8 Å². The third-order valence-corrected chi connectivity index (χ3v) is 2.71. The number of rotatable bonds is 10. The smallest absolute Gasteiger partial charge is 0.222 e. The molecule has 0 saturated carbocycles. The van der Waals surface area contributed by atoms with Crippen LogP contribution in [0.2, 0.25) is 0 Å². The van der Waals surface area contributed by atoms with Gasteiger partial charge in [0, 0.05) is 32.5 Å². The monoisotopic (exact) mass is 256 g/mol. The Morgan fingerprint density at radius 1 is 0.944 bits per heavy atom. The molecule has 0 aliphatic carbocycles. The Labute approximate surface area is 111 Å². The topological polar surface area (TPSA) is 49.4 Å². The van der Waals surface area contributed by atoms with Crippen LogP contribution >= 0.6 is 0 Å². The highest BCUT2D eigenvalue weighted by Gasteiger charge is 2.10. The van der Waals surface area contributed by atoms with Crippen LogP contribution in [-0.4, -0.2) is 36.3 Å². The zero-order valence-electron chi connectivity index (χ0n) is 12.1. The van der Waals surface area contributed by atoms with Crippen LogP contribution in [0, 0.1) is 0 Å². The van der Waals surface area contributed by atoms with E-state index in [4.69, 9.17) is 0 Å². The fourth-order valence-corrected chi connectivity index (χ4v) is 1.84. The molecular formula is C14H28N2O2. The second-order valence-electron chi connectivity index (χ2n) is 4.58. The van der Waals surface area contributed by atoms with Crippen LogP contribution in [-0.2, 0) is 9.59 Å². The average Bonchev–Trinajstić information content (AvgIpc) is 2.34. The zero-order valence-corrected chi connectivity index (χ0v) is 12.1. The van der Waals surface area contributed by atoms with Crippen LogP contribution in [0.3, 0.4) is 0 Å². The fourth-order valence-electron chi connectivity index (χ4n) is 1.84. The predicted octanol–water partition coefficient (Wildman–Crippen LogP) is 2.33. The summed E-state index contributed by atoms with van der Waals surface area (Å²) in [5.41, 5.74) is 0. The van der Waals surface area contributed by atoms with Gasteiger partial charge >= 0.3 is 0 Å². The highest BCUT2D eigenvalue weighted by Crippen LogP contribution is 2.01. The van der Waals surface area contributed by atoms with Gasteiger partial charge in [-0.3, -0.25) is 9.59 Å². The summed E-state index contributed by atoms with van der Waals surface area (Å²) in [7, 11) is 0. The van der Waals surface area contributed by atoms with E-state index >= 15 is 0 Å². The molecule has 0 aliphatic rings. The molecule has 0 aromatic carbocycles. The summed E-state index contributed by atoms with van der Waals surface area (Å²) in [6.45, 7) is 8.44. The van der Waals surface area contributed by atoms with Crippen molar-refractivity contribution < 1.29 is 9.59 Å². The quantitative estimate of drug-likeness (QED) is 0.610. The summed E-state index contributed by atoms with van der Waals surface area (Å²) in [4.78, 5) is 25.1. The van der Waals surface area contributed by atoms with Crippen LogP contribution in [0.15, 0.2) is 0 Å². The standard InChI is InChI=1S/C14H28N2O2/c1-4-8-13(17)15-10-7-9-14(18)16(11-5-2)12-6-3/h4-12H2,1-3H3,(H,15,17). The van der Waals surface area contributed by atoms with Gasteiger partial charge in [-0.15, -0.1) is 0 Å². The van der Waals surface area contributed by atoms with Crippen LogP contribution in [0.4, 0.5) is 0 Å². The van der Waals surface area contributed by atoms with Crippen molar-refractivity contribution in [2.45, 2.75) is 59.3 Å². The summed E-state index contributed by atoms with van der Waals surface area (Å²) < 4.78 is 0. The Bertz CT molecular complexity index is 236. The maximum Gasteiger partial charge on any atom is 0.222 e. The van der Waals surface area contributed by atoms with Gasteiger partial charge < -0.3 is 10.2 Å². The van der Waals surface area contributed by atoms with E-state index in [1.54, 1.807) is 0 Å². The summed E-state index contributed by atoms with van der Waals surface area (Å²) in [5, 5.41) is 2.83. The Kier molecular flexibility index (Phi) is 10.4. The number of carbonyl (C=O) groups excluding carboxylic acids is 2. The van der Waals surface area contributed by atoms with E-state index in [-0.39, 0.29) is 11.8 Å². The lowest BCUT2D eigenvalue weighted by Crippen LogP contribution is -2.33. The Balaban J connectivity index is 3.76. The van der Waals surface area contributed by atoms with Crippen molar-refractivity contribution in [1.82, 2.24) is 10.2 Å². The zero-order chi connectivity index (χ0) is 13.8. The minimum absolute atomic E-state index is 0.0870. The van der Waals surface area contributed by atoms with Crippen LogP contribution in [0.25, 0.3) is 0 Å². The molecule has 0 spiro atoms. The molecule has 4 heteroatoms. The highest BCUT2D eigenvalue weighted by molar-refractivity contribution is 5.77. The van der Waals surface area contributed by atoms with Crippen molar-refractivity contribution in [2.75, 3.05) is 19.6 Å². The lowest BCUT2D eigenvalue weighted by atomic mass is 10.2. The molecule has 0 aromatic heterocycles. The van der Waals surface area contributed by atoms with Crippen molar-refractivity contribution in [3.05, 3.63) is 0 Å². The van der Waals surface area contributed by atoms with Crippen LogP contribution in [0.1, 0.15) is 59.3 Å². The van der Waals surface area contributed by atoms with E-state index in [1.165, 1.54) is 0 Å². The van der Waals surface area contributed by atoms with Crippen LogP contribution in [0.5, 0.6) is 0 Å². The maximum absolute atomic E-state index is 11.9. The molecule has 0 saturated heterocycles. The number of carbonyl (C=O) groups is 2. The average molecular weight is 256 g/mol. The van der Waals surface area contributed by atoms with Gasteiger partial charge in [0.05, 0.1) is 0 Å². The first-order valence-electron chi connectivity index (χ1n) is 7.20. The van der Waals surface area contributed by atoms with Gasteiger partial charge in [-0.05, 0) is 25.7 Å². The third-order valence-electron chi connectivity index (χ3n) is 2.71. The second-order valence-corrected chi connectivity index (χ2v) is 4.58. The van der Waals surface area contributed by atoms with Gasteiger partial charge in [0.15, 0.2) is 0 Å². The number of hydrogen-bond acceptors (Lipinski definition) is 2. The highest BCUT2D eigenvalue weighted by atomic mass is 16.2. The van der Waals surface area contributed by atoms with E-state index in [0.29, 0.717) is 19.4 Å². The SMILES string of the molecule is CCCC(=O)NCCCC(=O)N(CCC)CCC. The molecule has 0 rings (SSSR count). The molecule has 106 valence electrons. The normalized spacial score (nSPS) is 10.2. The number of amides is 2. The largest absolute Gasteiger partial charge is 0.356 e. The molecule has 0 aromatic rings. The van der Waals surface area contributed by atoms with Crippen molar-refractivity contribution in [3.63, 3.8) is 0 Å². The van der Waals surface area contributed by atoms with Crippen molar-refractivity contribution in [3.8, 4) is 0 Å². The Hall–Kier alpha value is -1.06. The summed E-state index contributed by atoms with van der Waals surface area (Å²) >= 11 is 0. The molecule has 0 unspecified atom stereocenters. The summed E-state index contributed by atoms with van der Waals surface area (Å²) in [6, 6.07) is 0. The third kappa shape index (κ3) is 8.09. The van der Waals surface area contributed by atoms with E-state index in [9.17, 15) is 9.59 Å². The van der Waals surface area contributed by atoms with Gasteiger partial charge in [-0.25, -0.2) is 0 Å². The minimum Gasteiger partial charge on any atom is -0.356 e. The Morgan fingerprint density at radius 3 is 2.06 bits per heavy atom. The minimum atomic E-state index is 0.0870. The van der Waals surface area contributed by atoms with E-state index < -0.39 is 0 Å². The predicted molar refractivity (Wildman–Crippen MR) is 74.3 cm³/mol. The molecular weight excluding hydrogens is 228 g/mol. The number of nitrogens with one attached hydrogen (secondary N) is 1. The summed E-state index contributed by atoms with van der Waals surface area (Å²) in [5.74, 6) is 0.298. The van der Waals surface area contributed by atoms with Crippen molar-refractivity contribution in [1.29, 1.82) is 0 Å². The van der Waals surface area contributed by atoms with E-state index in [0.717, 1.165) is 38.8 Å². The van der Waals surface area contributed by atoms with E-state index in [1.807, 2.05) is 11.8 Å². The van der Waals surface area contributed by atoms with Gasteiger partial charge in [0.25, 0.3) is 0 Å². The van der Waals surface area contributed by atoms with Gasteiger partial charge in [0.1, 0.15) is 0 Å². The summed E-state index contributed by atoms with van der Waals surface area (Å²) in [6.07, 6.45) is 4.71. The maximum atomic E-state index is 11.9. The first kappa shape index (κ1) is 16.9. The van der Waals surface area contributed by atoms with Crippen molar-refractivity contribution >= 4 is 11.8 Å². The molecule has 0 aliphatic heterocycles. The number of nitrogens with zero attached hydrogens (tertiary/aromatic N) is 1. The lowest BCUT2D eigenvalue weighted by molar-refractivity contribution is -0.131. The van der Waals surface area contributed by atoms with Gasteiger partial charge in [-0.2, -0.15) is 0 Å². The molecule has 2 amide bonds. The molecule has 0 bridgehead atoms. The van der Waals surface area contributed by atoms with E-state index in [2.05, 4.69) is 19.2 Å². The molecule has 0 atom stereocenters. The van der Waals surface area contributed by atoms with Gasteiger partial charge in [0.2, 0.25) is 11.8 Å². The molecule has 1 N–H and O–H groups in total. The first-order valence-corrected chi connectivity index (χ1v) is 7.20. The lowest BCUT2D eigenvalue weighted by Gasteiger charge is -2.21. The second kappa shape index (κ2) is 11.1. The fraction of sp³-hybridized carbons (Fsp3) is 0.857. The molecule has 18 heavy (non-hydrogen) atoms. The van der Waals surface area contributed by atoms with Crippen molar-refractivity contribution in [2.24, 2.45) is 0 Å².